The van der Waals surface area contributed by atoms with Crippen LogP contribution >= 0.6 is 0 Å². The van der Waals surface area contributed by atoms with E-state index in [1.54, 1.807) is 6.07 Å². The lowest BCUT2D eigenvalue weighted by Crippen LogP contribution is -2.54. The molecule has 0 bridgehead atoms. The average molecular weight is 387 g/mol. The summed E-state index contributed by atoms with van der Waals surface area (Å²) in [5.74, 6) is -0.349. The molecule has 3 aliphatic rings. The minimum Gasteiger partial charge on any atom is -0.365 e. The van der Waals surface area contributed by atoms with E-state index in [9.17, 15) is 18.8 Å². The summed E-state index contributed by atoms with van der Waals surface area (Å²) in [6.45, 7) is 3.79. The Hall–Kier alpha value is -2.44. The number of carbonyl (C=O) groups excluding carboxylic acids is 3. The number of carbonyl (C=O) groups is 3. The molecule has 2 heterocycles. The van der Waals surface area contributed by atoms with E-state index < -0.39 is 5.54 Å². The lowest BCUT2D eigenvalue weighted by atomic mass is 9.85. The lowest BCUT2D eigenvalue weighted by molar-refractivity contribution is -0.133. The third-order valence-electron chi connectivity index (χ3n) is 6.31. The Balaban J connectivity index is 1.36. The quantitative estimate of drug-likeness (QED) is 0.784. The van der Waals surface area contributed by atoms with Crippen molar-refractivity contribution in [1.82, 2.24) is 10.2 Å². The molecule has 0 aromatic heterocycles. The molecule has 0 spiro atoms. The van der Waals surface area contributed by atoms with Crippen LogP contribution in [0.5, 0.6) is 0 Å². The summed E-state index contributed by atoms with van der Waals surface area (Å²) in [6.07, 6.45) is 2.45. The van der Waals surface area contributed by atoms with Crippen molar-refractivity contribution in [2.75, 3.05) is 24.5 Å². The maximum atomic E-state index is 13.5. The standard InChI is InChI=1S/C21H26FN3O3/c1-14-13-24(9-10-25(14)17-4-2-3-16(22)11-17)20(28)7-8-21(15-5-6-15)18(26)12-19(27)23-21/h2-4,11,14-15H,5-10,12-13H2,1H3,(H,23,27)/t14-,21?/m0/s1. The second-order valence-corrected chi connectivity index (χ2v) is 8.26. The van der Waals surface area contributed by atoms with Crippen LogP contribution in [0, 0.1) is 11.7 Å². The summed E-state index contributed by atoms with van der Waals surface area (Å²) in [5.41, 5.74) is 0.00780. The van der Waals surface area contributed by atoms with Gasteiger partial charge in [-0.2, -0.15) is 0 Å². The highest BCUT2D eigenvalue weighted by atomic mass is 19.1. The molecular formula is C21H26FN3O3. The molecule has 2 aliphatic heterocycles. The normalized spacial score (nSPS) is 27.9. The fraction of sp³-hybridized carbons (Fsp3) is 0.571. The van der Waals surface area contributed by atoms with Crippen LogP contribution in [0.2, 0.25) is 0 Å². The Labute approximate surface area is 164 Å². The van der Waals surface area contributed by atoms with Gasteiger partial charge in [-0.1, -0.05) is 6.07 Å². The molecule has 7 heteroatoms. The molecule has 1 saturated carbocycles. The molecule has 1 unspecified atom stereocenters. The number of benzene rings is 1. The second kappa shape index (κ2) is 7.18. The van der Waals surface area contributed by atoms with E-state index in [-0.39, 0.29) is 48.2 Å². The first-order chi connectivity index (χ1) is 13.4. The van der Waals surface area contributed by atoms with E-state index in [1.807, 2.05) is 17.9 Å². The minimum absolute atomic E-state index is 0.0136. The third kappa shape index (κ3) is 3.50. The van der Waals surface area contributed by atoms with Gasteiger partial charge >= 0.3 is 0 Å². The highest BCUT2D eigenvalue weighted by Gasteiger charge is 2.55. The van der Waals surface area contributed by atoms with Crippen LogP contribution in [0.15, 0.2) is 24.3 Å². The summed E-state index contributed by atoms with van der Waals surface area (Å²) in [7, 11) is 0. The van der Waals surface area contributed by atoms with Crippen molar-refractivity contribution in [2.45, 2.75) is 50.6 Å². The molecule has 1 aliphatic carbocycles. The molecule has 1 aromatic carbocycles. The fourth-order valence-corrected chi connectivity index (χ4v) is 4.66. The predicted octanol–water partition coefficient (Wildman–Crippen LogP) is 1.88. The van der Waals surface area contributed by atoms with Gasteiger partial charge in [-0.25, -0.2) is 4.39 Å². The first-order valence-electron chi connectivity index (χ1n) is 10.0. The lowest BCUT2D eigenvalue weighted by Gasteiger charge is -2.41. The average Bonchev–Trinajstić information content (AvgIpc) is 3.46. The van der Waals surface area contributed by atoms with Gasteiger partial charge in [-0.05, 0) is 50.3 Å². The van der Waals surface area contributed by atoms with E-state index >= 15 is 0 Å². The zero-order chi connectivity index (χ0) is 19.9. The predicted molar refractivity (Wildman–Crippen MR) is 102 cm³/mol. The van der Waals surface area contributed by atoms with Gasteiger partial charge in [0, 0.05) is 37.8 Å². The number of rotatable bonds is 5. The van der Waals surface area contributed by atoms with Crippen LogP contribution < -0.4 is 10.2 Å². The van der Waals surface area contributed by atoms with E-state index in [0.717, 1.165) is 18.5 Å². The molecule has 2 atom stereocenters. The van der Waals surface area contributed by atoms with E-state index in [1.165, 1.54) is 12.1 Å². The van der Waals surface area contributed by atoms with Crippen LogP contribution in [0.1, 0.15) is 39.0 Å². The molecule has 1 aromatic rings. The molecule has 150 valence electrons. The number of nitrogens with one attached hydrogen (secondary N) is 1. The molecule has 3 fully saturated rings. The molecule has 2 saturated heterocycles. The number of anilines is 1. The zero-order valence-corrected chi connectivity index (χ0v) is 16.1. The number of nitrogens with zero attached hydrogens (tertiary/aromatic N) is 2. The van der Waals surface area contributed by atoms with Crippen LogP contribution in [0.3, 0.4) is 0 Å². The molecule has 0 radical (unpaired) electrons. The number of amides is 2. The molecule has 1 N–H and O–H groups in total. The number of Topliss-reactive ketones (excluding diaryl/α,β-unsaturated/α-hetero) is 1. The van der Waals surface area contributed by atoms with Gasteiger partial charge in [0.25, 0.3) is 0 Å². The minimum atomic E-state index is -0.818. The largest absolute Gasteiger partial charge is 0.365 e. The van der Waals surface area contributed by atoms with Gasteiger partial charge in [0.05, 0.1) is 6.42 Å². The number of ketones is 1. The number of hydrogen-bond donors (Lipinski definition) is 1. The van der Waals surface area contributed by atoms with Crippen molar-refractivity contribution in [3.8, 4) is 0 Å². The first kappa shape index (κ1) is 18.9. The van der Waals surface area contributed by atoms with Crippen molar-refractivity contribution >= 4 is 23.3 Å². The van der Waals surface area contributed by atoms with Crippen molar-refractivity contribution in [3.63, 3.8) is 0 Å². The molecule has 4 rings (SSSR count). The zero-order valence-electron chi connectivity index (χ0n) is 16.1. The molecule has 6 nitrogen and oxygen atoms in total. The highest BCUT2D eigenvalue weighted by molar-refractivity contribution is 6.10. The van der Waals surface area contributed by atoms with E-state index in [2.05, 4.69) is 10.2 Å². The van der Waals surface area contributed by atoms with Crippen molar-refractivity contribution in [2.24, 2.45) is 5.92 Å². The monoisotopic (exact) mass is 387 g/mol. The Morgan fingerprint density at radius 3 is 2.68 bits per heavy atom. The summed E-state index contributed by atoms with van der Waals surface area (Å²) < 4.78 is 13.5. The molecule has 28 heavy (non-hydrogen) atoms. The highest BCUT2D eigenvalue weighted by Crippen LogP contribution is 2.45. The van der Waals surface area contributed by atoms with Gasteiger partial charge in [0.2, 0.25) is 11.8 Å². The molecule has 2 amide bonds. The maximum absolute atomic E-state index is 13.5. The van der Waals surface area contributed by atoms with Crippen molar-refractivity contribution in [1.29, 1.82) is 0 Å². The summed E-state index contributed by atoms with van der Waals surface area (Å²) in [6, 6.07) is 6.59. The first-order valence-corrected chi connectivity index (χ1v) is 10.0. The number of piperazine rings is 1. The van der Waals surface area contributed by atoms with Gasteiger partial charge in [0.15, 0.2) is 5.78 Å². The van der Waals surface area contributed by atoms with Gasteiger partial charge in [0.1, 0.15) is 11.4 Å². The maximum Gasteiger partial charge on any atom is 0.228 e. The third-order valence-corrected chi connectivity index (χ3v) is 6.31. The van der Waals surface area contributed by atoms with E-state index in [4.69, 9.17) is 0 Å². The van der Waals surface area contributed by atoms with Gasteiger partial charge < -0.3 is 15.1 Å². The summed E-state index contributed by atoms with van der Waals surface area (Å²) >= 11 is 0. The van der Waals surface area contributed by atoms with Crippen LogP contribution in [0.4, 0.5) is 10.1 Å². The Bertz CT molecular complexity index is 810. The van der Waals surface area contributed by atoms with Crippen molar-refractivity contribution in [3.05, 3.63) is 30.1 Å². The van der Waals surface area contributed by atoms with Crippen LogP contribution in [-0.4, -0.2) is 53.7 Å². The Kier molecular flexibility index (Phi) is 4.85. The van der Waals surface area contributed by atoms with Gasteiger partial charge in [-0.3, -0.25) is 14.4 Å². The van der Waals surface area contributed by atoms with Crippen molar-refractivity contribution < 1.29 is 18.8 Å². The SMILES string of the molecule is C[C@H]1CN(C(=O)CCC2(C3CC3)NC(=O)CC2=O)CCN1c1cccc(F)c1. The fourth-order valence-electron chi connectivity index (χ4n) is 4.66. The Morgan fingerprint density at radius 2 is 2.07 bits per heavy atom. The van der Waals surface area contributed by atoms with Crippen LogP contribution in [-0.2, 0) is 14.4 Å². The summed E-state index contributed by atoms with van der Waals surface area (Å²) in [5, 5.41) is 2.88. The van der Waals surface area contributed by atoms with E-state index in [0.29, 0.717) is 26.1 Å². The Morgan fingerprint density at radius 1 is 1.29 bits per heavy atom. The second-order valence-electron chi connectivity index (χ2n) is 8.26. The van der Waals surface area contributed by atoms with Crippen LogP contribution in [0.25, 0.3) is 0 Å². The topological polar surface area (TPSA) is 69.7 Å². The smallest absolute Gasteiger partial charge is 0.228 e. The molecular weight excluding hydrogens is 361 g/mol. The summed E-state index contributed by atoms with van der Waals surface area (Å²) in [4.78, 5) is 40.9. The number of hydrogen-bond acceptors (Lipinski definition) is 4. The number of halogens is 1. The van der Waals surface area contributed by atoms with Gasteiger partial charge in [-0.15, -0.1) is 0 Å².